The average Bonchev–Trinajstić information content (AvgIpc) is 2.86. The van der Waals surface area contributed by atoms with Crippen molar-refractivity contribution in [3.63, 3.8) is 0 Å². The third-order valence-electron chi connectivity index (χ3n) is 3.72. The summed E-state index contributed by atoms with van der Waals surface area (Å²) in [6.07, 6.45) is 3.10. The number of carbonyl (C=O) groups excluding carboxylic acids is 2. The van der Waals surface area contributed by atoms with Crippen LogP contribution in [0.4, 0.5) is 10.5 Å². The predicted octanol–water partition coefficient (Wildman–Crippen LogP) is 4.93. The number of amides is 2. The summed E-state index contributed by atoms with van der Waals surface area (Å²) in [5.41, 5.74) is 2.12. The smallest absolute Gasteiger partial charge is 0.285 e. The predicted molar refractivity (Wildman–Crippen MR) is 116 cm³/mol. The highest BCUT2D eigenvalue weighted by molar-refractivity contribution is 8.13. The number of thioether (sulfide) groups is 1. The van der Waals surface area contributed by atoms with Gasteiger partial charge in [0, 0.05) is 42.9 Å². The number of nitrogens with zero attached hydrogens (tertiary/aromatic N) is 3. The van der Waals surface area contributed by atoms with Gasteiger partial charge in [0.15, 0.2) is 0 Å². The van der Waals surface area contributed by atoms with Crippen LogP contribution in [0, 0.1) is 12.8 Å². The van der Waals surface area contributed by atoms with Gasteiger partial charge in [0.1, 0.15) is 5.15 Å². The number of benzene rings is 1. The molecular weight excluding hydrogens is 396 g/mol. The molecule has 2 rings (SSSR count). The molecule has 1 heterocycles. The van der Waals surface area contributed by atoms with Crippen LogP contribution >= 0.6 is 23.4 Å². The molecule has 150 valence electrons. The fourth-order valence-electron chi connectivity index (χ4n) is 2.40. The maximum atomic E-state index is 12.3. The van der Waals surface area contributed by atoms with Crippen molar-refractivity contribution in [1.29, 1.82) is 0 Å². The number of hydrogen-bond acceptors (Lipinski definition) is 4. The van der Waals surface area contributed by atoms with Gasteiger partial charge in [-0.25, -0.2) is 0 Å². The van der Waals surface area contributed by atoms with Crippen LogP contribution in [-0.2, 0) is 11.3 Å². The lowest BCUT2D eigenvalue weighted by Crippen LogP contribution is -2.16. The quantitative estimate of drug-likeness (QED) is 0.531. The summed E-state index contributed by atoms with van der Waals surface area (Å²) in [7, 11) is 3.39. The van der Waals surface area contributed by atoms with E-state index in [4.69, 9.17) is 11.6 Å². The van der Waals surface area contributed by atoms with Crippen molar-refractivity contribution < 1.29 is 9.59 Å². The van der Waals surface area contributed by atoms with Gasteiger partial charge in [-0.15, -0.1) is 0 Å². The minimum Gasteiger partial charge on any atom is -0.339 e. The maximum Gasteiger partial charge on any atom is 0.285 e. The van der Waals surface area contributed by atoms with Gasteiger partial charge in [-0.2, -0.15) is 5.10 Å². The maximum absolute atomic E-state index is 12.3. The molecule has 0 aliphatic rings. The Morgan fingerprint density at radius 2 is 2.07 bits per heavy atom. The van der Waals surface area contributed by atoms with E-state index in [1.54, 1.807) is 43.1 Å². The van der Waals surface area contributed by atoms with E-state index in [0.29, 0.717) is 16.8 Å². The van der Waals surface area contributed by atoms with Crippen LogP contribution in [0.15, 0.2) is 35.2 Å². The van der Waals surface area contributed by atoms with Gasteiger partial charge in [0.25, 0.3) is 5.24 Å². The zero-order valence-electron chi connectivity index (χ0n) is 16.7. The van der Waals surface area contributed by atoms with Gasteiger partial charge >= 0.3 is 0 Å². The molecule has 0 bridgehead atoms. The number of aromatic nitrogens is 2. The standard InChI is InChI=1S/C20H25ClN4O2S/c1-13(2)12-25-19(21)17(14(3)23-25)9-10-18(26)22-15-7-6-8-16(11-15)28-20(27)24(4)5/h6-11,13H,12H2,1-5H3,(H,22,26)/b10-9+. The second-order valence-corrected chi connectivity index (χ2v) is 8.36. The summed E-state index contributed by atoms with van der Waals surface area (Å²) in [6, 6.07) is 7.15. The number of anilines is 1. The molecule has 0 aliphatic carbocycles. The Balaban J connectivity index is 2.06. The average molecular weight is 421 g/mol. The zero-order valence-corrected chi connectivity index (χ0v) is 18.3. The van der Waals surface area contributed by atoms with Crippen LogP contribution in [0.1, 0.15) is 25.1 Å². The lowest BCUT2D eigenvalue weighted by molar-refractivity contribution is -0.111. The molecule has 1 aromatic carbocycles. The SMILES string of the molecule is Cc1nn(CC(C)C)c(Cl)c1/C=C/C(=O)Nc1cccc(SC(=O)N(C)C)c1. The van der Waals surface area contributed by atoms with Crippen LogP contribution < -0.4 is 5.32 Å². The largest absolute Gasteiger partial charge is 0.339 e. The minimum atomic E-state index is -0.284. The van der Waals surface area contributed by atoms with E-state index in [-0.39, 0.29) is 11.1 Å². The molecule has 0 saturated carbocycles. The monoisotopic (exact) mass is 420 g/mol. The highest BCUT2D eigenvalue weighted by Gasteiger charge is 2.12. The van der Waals surface area contributed by atoms with Crippen molar-refractivity contribution in [3.8, 4) is 0 Å². The fourth-order valence-corrected chi connectivity index (χ4v) is 3.42. The van der Waals surface area contributed by atoms with Gasteiger partial charge < -0.3 is 10.2 Å². The normalized spacial score (nSPS) is 11.2. The van der Waals surface area contributed by atoms with Crippen LogP contribution in [0.5, 0.6) is 0 Å². The molecule has 0 unspecified atom stereocenters. The van der Waals surface area contributed by atoms with Crippen LogP contribution in [0.25, 0.3) is 6.08 Å². The van der Waals surface area contributed by atoms with E-state index in [0.717, 1.165) is 34.5 Å². The minimum absolute atomic E-state index is 0.0769. The molecule has 1 N–H and O–H groups in total. The van der Waals surface area contributed by atoms with Crippen molar-refractivity contribution in [1.82, 2.24) is 14.7 Å². The van der Waals surface area contributed by atoms with Gasteiger partial charge in [0.2, 0.25) is 5.91 Å². The first-order valence-electron chi connectivity index (χ1n) is 8.88. The summed E-state index contributed by atoms with van der Waals surface area (Å²) in [6.45, 7) is 6.77. The molecule has 0 saturated heterocycles. The molecule has 0 atom stereocenters. The number of rotatable bonds is 6. The summed E-state index contributed by atoms with van der Waals surface area (Å²) in [5, 5.41) is 7.67. The van der Waals surface area contributed by atoms with E-state index in [9.17, 15) is 9.59 Å². The number of nitrogens with one attached hydrogen (secondary N) is 1. The molecule has 2 aromatic rings. The molecule has 8 heteroatoms. The Kier molecular flexibility index (Phi) is 7.71. The molecular formula is C20H25ClN4O2S. The van der Waals surface area contributed by atoms with E-state index in [1.807, 2.05) is 13.0 Å². The Morgan fingerprint density at radius 1 is 1.36 bits per heavy atom. The van der Waals surface area contributed by atoms with E-state index in [1.165, 1.54) is 11.0 Å². The summed E-state index contributed by atoms with van der Waals surface area (Å²) >= 11 is 7.49. The molecule has 0 radical (unpaired) electrons. The van der Waals surface area contributed by atoms with Crippen molar-refractivity contribution in [2.24, 2.45) is 5.92 Å². The number of carbonyl (C=O) groups is 2. The van der Waals surface area contributed by atoms with Crippen molar-refractivity contribution in [2.75, 3.05) is 19.4 Å². The van der Waals surface area contributed by atoms with Gasteiger partial charge in [0.05, 0.1) is 5.69 Å². The second kappa shape index (κ2) is 9.80. The summed E-state index contributed by atoms with van der Waals surface area (Å²) in [5.74, 6) is 0.134. The molecule has 0 aliphatic heterocycles. The molecule has 2 amide bonds. The van der Waals surface area contributed by atoms with Gasteiger partial charge in [-0.3, -0.25) is 14.3 Å². The Hall–Kier alpha value is -2.25. The molecule has 28 heavy (non-hydrogen) atoms. The van der Waals surface area contributed by atoms with E-state index in [2.05, 4.69) is 24.3 Å². The van der Waals surface area contributed by atoms with Gasteiger partial charge in [-0.1, -0.05) is 31.5 Å². The lowest BCUT2D eigenvalue weighted by atomic mass is 10.2. The Labute approximate surface area is 174 Å². The third-order valence-corrected chi connectivity index (χ3v) is 5.15. The lowest BCUT2D eigenvalue weighted by Gasteiger charge is -2.10. The summed E-state index contributed by atoms with van der Waals surface area (Å²) in [4.78, 5) is 26.4. The van der Waals surface area contributed by atoms with E-state index < -0.39 is 0 Å². The fraction of sp³-hybridized carbons (Fsp3) is 0.350. The zero-order chi connectivity index (χ0) is 20.8. The van der Waals surface area contributed by atoms with Gasteiger partial charge in [-0.05, 0) is 48.9 Å². The first kappa shape index (κ1) is 22.0. The van der Waals surface area contributed by atoms with Crippen molar-refractivity contribution in [3.05, 3.63) is 46.8 Å². The van der Waals surface area contributed by atoms with Crippen LogP contribution in [0.2, 0.25) is 5.15 Å². The van der Waals surface area contributed by atoms with Crippen LogP contribution in [0.3, 0.4) is 0 Å². The highest BCUT2D eigenvalue weighted by atomic mass is 35.5. The third kappa shape index (κ3) is 6.14. The van der Waals surface area contributed by atoms with E-state index >= 15 is 0 Å². The number of aryl methyl sites for hydroxylation is 1. The topological polar surface area (TPSA) is 67.2 Å². The first-order valence-corrected chi connectivity index (χ1v) is 10.1. The molecule has 1 aromatic heterocycles. The van der Waals surface area contributed by atoms with Crippen molar-refractivity contribution >= 4 is 46.3 Å². The number of halogens is 1. The Bertz CT molecular complexity index is 890. The van der Waals surface area contributed by atoms with Crippen molar-refractivity contribution in [2.45, 2.75) is 32.2 Å². The molecule has 0 fully saturated rings. The summed E-state index contributed by atoms with van der Waals surface area (Å²) < 4.78 is 1.75. The molecule has 6 nitrogen and oxygen atoms in total. The Morgan fingerprint density at radius 3 is 2.71 bits per heavy atom. The molecule has 0 spiro atoms. The number of hydrogen-bond donors (Lipinski definition) is 1. The van der Waals surface area contributed by atoms with Crippen LogP contribution in [-0.4, -0.2) is 39.9 Å². The highest BCUT2D eigenvalue weighted by Crippen LogP contribution is 2.24. The first-order chi connectivity index (χ1) is 13.2. The second-order valence-electron chi connectivity index (χ2n) is 6.98.